The van der Waals surface area contributed by atoms with Gasteiger partial charge in [-0.1, -0.05) is 6.07 Å². The molecular weight excluding hydrogens is 331 g/mol. The van der Waals surface area contributed by atoms with Gasteiger partial charge in [0.05, 0.1) is 11.3 Å². The summed E-state index contributed by atoms with van der Waals surface area (Å²) in [7, 11) is 0. The van der Waals surface area contributed by atoms with Gasteiger partial charge < -0.3 is 10.6 Å². The number of aromatic nitrogens is 1. The molecule has 1 fully saturated rings. The molecule has 1 aromatic heterocycles. The molecule has 1 aliphatic heterocycles. The fourth-order valence-corrected chi connectivity index (χ4v) is 3.37. The number of anilines is 2. The van der Waals surface area contributed by atoms with Crippen LogP contribution in [0.1, 0.15) is 30.9 Å². The zero-order valence-corrected chi connectivity index (χ0v) is 13.5. The quantitative estimate of drug-likeness (QED) is 0.857. The van der Waals surface area contributed by atoms with Crippen LogP contribution in [0.15, 0.2) is 30.5 Å². The number of nitrogens with zero attached hydrogens (tertiary/aromatic N) is 1. The molecular formula is C18H16F3N3O. The highest BCUT2D eigenvalue weighted by Crippen LogP contribution is 2.54. The number of hydrogen-bond donors (Lipinski definition) is 2. The molecule has 0 atom stereocenters. The first kappa shape index (κ1) is 15.9. The second-order valence-corrected chi connectivity index (χ2v) is 6.69. The van der Waals surface area contributed by atoms with Crippen LogP contribution in [-0.2, 0) is 16.4 Å². The van der Waals surface area contributed by atoms with Crippen molar-refractivity contribution in [3.8, 4) is 11.1 Å². The Hall–Kier alpha value is -2.57. The highest BCUT2D eigenvalue weighted by atomic mass is 19.4. The molecule has 0 bridgehead atoms. The largest absolute Gasteiger partial charge is 0.418 e. The molecule has 4 nitrogen and oxygen atoms in total. The number of fused-ring (bicyclic) bond motifs is 2. The van der Waals surface area contributed by atoms with Crippen LogP contribution in [0, 0.1) is 0 Å². The summed E-state index contributed by atoms with van der Waals surface area (Å²) in [5.74, 6) is 0.284. The van der Waals surface area contributed by atoms with Gasteiger partial charge in [0.2, 0.25) is 5.91 Å². The Kier molecular flexibility index (Phi) is 3.32. The van der Waals surface area contributed by atoms with Crippen LogP contribution in [0.5, 0.6) is 0 Å². The lowest BCUT2D eigenvalue weighted by atomic mass is 9.96. The van der Waals surface area contributed by atoms with Crippen LogP contribution in [0.25, 0.3) is 11.1 Å². The number of carbonyl (C=O) groups is 1. The number of carbonyl (C=O) groups excluding carboxylic acids is 1. The zero-order valence-electron chi connectivity index (χ0n) is 13.5. The number of pyridine rings is 1. The molecule has 7 heteroatoms. The molecule has 2 aromatic rings. The van der Waals surface area contributed by atoms with Crippen LogP contribution < -0.4 is 10.6 Å². The van der Waals surface area contributed by atoms with Gasteiger partial charge in [-0.2, -0.15) is 13.2 Å². The Morgan fingerprint density at radius 2 is 2.00 bits per heavy atom. The maximum absolute atomic E-state index is 13.4. The van der Waals surface area contributed by atoms with Crippen LogP contribution in [0.2, 0.25) is 0 Å². The summed E-state index contributed by atoms with van der Waals surface area (Å²) in [6, 6.07) is 5.86. The molecule has 0 saturated heterocycles. The predicted octanol–water partition coefficient (Wildman–Crippen LogP) is 4.18. The molecule has 1 amide bonds. The van der Waals surface area contributed by atoms with Crippen molar-refractivity contribution in [2.75, 3.05) is 17.2 Å². The Balaban J connectivity index is 1.78. The fraction of sp³-hybridized carbons (Fsp3) is 0.333. The molecule has 0 unspecified atom stereocenters. The summed E-state index contributed by atoms with van der Waals surface area (Å²) in [6.07, 6.45) is -0.821. The van der Waals surface area contributed by atoms with Gasteiger partial charge in [0, 0.05) is 36.2 Å². The lowest BCUT2D eigenvalue weighted by Crippen LogP contribution is -2.14. The van der Waals surface area contributed by atoms with E-state index in [1.807, 2.05) is 6.07 Å². The first-order valence-electron chi connectivity index (χ1n) is 8.02. The van der Waals surface area contributed by atoms with Crippen LogP contribution in [0.3, 0.4) is 0 Å². The van der Waals surface area contributed by atoms with Crippen LogP contribution in [-0.4, -0.2) is 17.4 Å². The van der Waals surface area contributed by atoms with Crippen LogP contribution >= 0.6 is 0 Å². The molecule has 1 aromatic carbocycles. The minimum absolute atomic E-state index is 0.112. The molecule has 2 N–H and O–H groups in total. The summed E-state index contributed by atoms with van der Waals surface area (Å²) < 4.78 is 40.1. The van der Waals surface area contributed by atoms with Crippen molar-refractivity contribution in [1.82, 2.24) is 4.98 Å². The summed E-state index contributed by atoms with van der Waals surface area (Å²) in [5.41, 5.74) is 1.18. The van der Waals surface area contributed by atoms with Crippen molar-refractivity contribution in [2.24, 2.45) is 0 Å². The van der Waals surface area contributed by atoms with Crippen molar-refractivity contribution >= 4 is 17.4 Å². The van der Waals surface area contributed by atoms with Crippen molar-refractivity contribution in [3.05, 3.63) is 41.6 Å². The SMILES string of the molecule is CC(=O)Nc1ccc(-c2cnc3c(c2)C2(CC2)CN3)cc1C(F)(F)F. The van der Waals surface area contributed by atoms with Crippen molar-refractivity contribution in [2.45, 2.75) is 31.4 Å². The number of hydrogen-bond acceptors (Lipinski definition) is 3. The molecule has 25 heavy (non-hydrogen) atoms. The Bertz CT molecular complexity index is 872. The number of alkyl halides is 3. The first-order chi connectivity index (χ1) is 11.8. The summed E-state index contributed by atoms with van der Waals surface area (Å²) in [5, 5.41) is 5.50. The number of amides is 1. The topological polar surface area (TPSA) is 54.0 Å². The van der Waals surface area contributed by atoms with Crippen molar-refractivity contribution in [3.63, 3.8) is 0 Å². The molecule has 2 aliphatic rings. The van der Waals surface area contributed by atoms with Gasteiger partial charge in [-0.25, -0.2) is 4.98 Å². The molecule has 1 aliphatic carbocycles. The van der Waals surface area contributed by atoms with Gasteiger partial charge in [-0.05, 0) is 36.6 Å². The predicted molar refractivity (Wildman–Crippen MR) is 88.4 cm³/mol. The van der Waals surface area contributed by atoms with Crippen molar-refractivity contribution < 1.29 is 18.0 Å². The number of nitrogens with one attached hydrogen (secondary N) is 2. The zero-order chi connectivity index (χ0) is 17.8. The Morgan fingerprint density at radius 1 is 1.24 bits per heavy atom. The average Bonchev–Trinajstić information content (AvgIpc) is 3.23. The molecule has 1 saturated carbocycles. The third-order valence-corrected chi connectivity index (χ3v) is 4.88. The Labute approximate surface area is 142 Å². The molecule has 0 radical (unpaired) electrons. The summed E-state index contributed by atoms with van der Waals surface area (Å²) >= 11 is 0. The van der Waals surface area contributed by atoms with E-state index in [1.54, 1.807) is 12.3 Å². The van der Waals surface area contributed by atoms with E-state index in [1.165, 1.54) is 13.0 Å². The molecule has 1 spiro atoms. The van der Waals surface area contributed by atoms with E-state index in [4.69, 9.17) is 0 Å². The van der Waals surface area contributed by atoms with E-state index in [0.29, 0.717) is 11.1 Å². The van der Waals surface area contributed by atoms with Crippen LogP contribution in [0.4, 0.5) is 24.7 Å². The van der Waals surface area contributed by atoms with E-state index in [-0.39, 0.29) is 11.1 Å². The normalized spacial score (nSPS) is 17.1. The number of benzene rings is 1. The monoisotopic (exact) mass is 347 g/mol. The highest BCUT2D eigenvalue weighted by molar-refractivity contribution is 5.90. The summed E-state index contributed by atoms with van der Waals surface area (Å²) in [6.45, 7) is 2.02. The maximum Gasteiger partial charge on any atom is 0.418 e. The highest BCUT2D eigenvalue weighted by Gasteiger charge is 2.49. The number of halogens is 3. The Morgan fingerprint density at radius 3 is 2.64 bits per heavy atom. The van der Waals surface area contributed by atoms with Gasteiger partial charge in [0.1, 0.15) is 5.82 Å². The maximum atomic E-state index is 13.4. The van der Waals surface area contributed by atoms with Gasteiger partial charge in [0.25, 0.3) is 0 Å². The fourth-order valence-electron chi connectivity index (χ4n) is 3.37. The van der Waals surface area contributed by atoms with Gasteiger partial charge in [-0.3, -0.25) is 4.79 Å². The molecule has 4 rings (SSSR count). The van der Waals surface area contributed by atoms with Gasteiger partial charge >= 0.3 is 6.18 Å². The first-order valence-corrected chi connectivity index (χ1v) is 8.02. The smallest absolute Gasteiger partial charge is 0.369 e. The third-order valence-electron chi connectivity index (χ3n) is 4.88. The van der Waals surface area contributed by atoms with Gasteiger partial charge in [-0.15, -0.1) is 0 Å². The molecule has 130 valence electrons. The van der Waals surface area contributed by atoms with E-state index in [9.17, 15) is 18.0 Å². The third kappa shape index (κ3) is 2.73. The van der Waals surface area contributed by atoms with E-state index in [2.05, 4.69) is 15.6 Å². The second-order valence-electron chi connectivity index (χ2n) is 6.69. The second kappa shape index (κ2) is 5.21. The minimum atomic E-state index is -4.56. The van der Waals surface area contributed by atoms with Gasteiger partial charge in [0.15, 0.2) is 0 Å². The van der Waals surface area contributed by atoms with E-state index < -0.39 is 17.6 Å². The summed E-state index contributed by atoms with van der Waals surface area (Å²) in [4.78, 5) is 15.5. The van der Waals surface area contributed by atoms with Crippen molar-refractivity contribution in [1.29, 1.82) is 0 Å². The lowest BCUT2D eigenvalue weighted by molar-refractivity contribution is -0.136. The standard InChI is InChI=1S/C18H16F3N3O/c1-10(25)24-15-3-2-11(6-13(15)18(19,20)21)12-7-14-16(22-8-12)23-9-17(14)4-5-17/h2-3,6-8H,4-5,9H2,1H3,(H,22,23)(H,24,25). The van der Waals surface area contributed by atoms with E-state index in [0.717, 1.165) is 36.8 Å². The minimum Gasteiger partial charge on any atom is -0.369 e. The average molecular weight is 347 g/mol. The number of rotatable bonds is 2. The lowest BCUT2D eigenvalue weighted by Gasteiger charge is -2.15. The van der Waals surface area contributed by atoms with E-state index >= 15 is 0 Å². The molecule has 2 heterocycles.